The zero-order chi connectivity index (χ0) is 10.0. The van der Waals surface area contributed by atoms with Crippen molar-refractivity contribution in [2.75, 3.05) is 6.61 Å². The quantitative estimate of drug-likeness (QED) is 0.717. The Morgan fingerprint density at radius 3 is 2.54 bits per heavy atom. The van der Waals surface area contributed by atoms with E-state index >= 15 is 0 Å². The number of nitrogens with two attached hydrogens (primary N) is 1. The topological polar surface area (TPSA) is 64.1 Å². The first-order valence-corrected chi connectivity index (χ1v) is 4.48. The van der Waals surface area contributed by atoms with E-state index in [0.717, 1.165) is 17.0 Å². The highest BCUT2D eigenvalue weighted by Gasteiger charge is 2.13. The van der Waals surface area contributed by atoms with Gasteiger partial charge in [-0.3, -0.25) is 4.68 Å². The van der Waals surface area contributed by atoms with E-state index < -0.39 is 0 Å². The van der Waals surface area contributed by atoms with Gasteiger partial charge in [-0.25, -0.2) is 0 Å². The molecular formula is C9H17N3O. The van der Waals surface area contributed by atoms with Crippen LogP contribution in [0.15, 0.2) is 0 Å². The van der Waals surface area contributed by atoms with Gasteiger partial charge >= 0.3 is 0 Å². The zero-order valence-corrected chi connectivity index (χ0v) is 8.41. The summed E-state index contributed by atoms with van der Waals surface area (Å²) in [7, 11) is 0. The molecule has 74 valence electrons. The molecule has 1 heterocycles. The molecule has 0 aliphatic rings. The number of aryl methyl sites for hydroxylation is 1. The fraction of sp³-hybridized carbons (Fsp3) is 0.667. The fourth-order valence-corrected chi connectivity index (χ4v) is 1.68. The third kappa shape index (κ3) is 1.89. The maximum absolute atomic E-state index is 8.79. The van der Waals surface area contributed by atoms with Gasteiger partial charge in [-0.15, -0.1) is 0 Å². The molecule has 1 aromatic rings. The zero-order valence-electron chi connectivity index (χ0n) is 8.41. The number of rotatable bonds is 3. The van der Waals surface area contributed by atoms with Crippen LogP contribution in [0.4, 0.5) is 0 Å². The summed E-state index contributed by atoms with van der Waals surface area (Å²) >= 11 is 0. The van der Waals surface area contributed by atoms with Gasteiger partial charge in [-0.1, -0.05) is 0 Å². The smallest absolute Gasteiger partial charge is 0.0644 e. The predicted octanol–water partition coefficient (Wildman–Crippen LogP) is 0.512. The molecule has 0 fully saturated rings. The van der Waals surface area contributed by atoms with Crippen LogP contribution in [-0.4, -0.2) is 21.5 Å². The fourth-order valence-electron chi connectivity index (χ4n) is 1.68. The molecular weight excluding hydrogens is 166 g/mol. The first kappa shape index (κ1) is 10.2. The molecule has 0 aliphatic carbocycles. The van der Waals surface area contributed by atoms with E-state index in [0.29, 0.717) is 6.54 Å². The molecule has 4 nitrogen and oxygen atoms in total. The van der Waals surface area contributed by atoms with Gasteiger partial charge in [0.15, 0.2) is 0 Å². The second-order valence-electron chi connectivity index (χ2n) is 3.32. The summed E-state index contributed by atoms with van der Waals surface area (Å²) in [4.78, 5) is 0. The molecule has 0 aliphatic heterocycles. The van der Waals surface area contributed by atoms with E-state index in [4.69, 9.17) is 10.8 Å². The van der Waals surface area contributed by atoms with Crippen molar-refractivity contribution >= 4 is 0 Å². The highest BCUT2D eigenvalue weighted by atomic mass is 16.3. The first-order chi connectivity index (χ1) is 6.07. The Morgan fingerprint density at radius 2 is 2.15 bits per heavy atom. The number of hydrogen-bond acceptors (Lipinski definition) is 3. The molecule has 1 unspecified atom stereocenters. The maximum atomic E-state index is 8.79. The van der Waals surface area contributed by atoms with Crippen LogP contribution in [0.2, 0.25) is 0 Å². The lowest BCUT2D eigenvalue weighted by Gasteiger charge is -2.06. The van der Waals surface area contributed by atoms with Gasteiger partial charge in [-0.05, 0) is 20.8 Å². The Morgan fingerprint density at radius 1 is 1.54 bits per heavy atom. The molecule has 0 amide bonds. The van der Waals surface area contributed by atoms with Crippen molar-refractivity contribution in [3.05, 3.63) is 17.0 Å². The Bertz CT molecular complexity index is 291. The molecule has 1 rings (SSSR count). The molecule has 3 N–H and O–H groups in total. The lowest BCUT2D eigenvalue weighted by molar-refractivity contribution is 0.267. The molecule has 0 saturated carbocycles. The summed E-state index contributed by atoms with van der Waals surface area (Å²) in [6.07, 6.45) is 0. The SMILES string of the molecule is Cc1nn(CCO)c(C)c1C(C)N. The van der Waals surface area contributed by atoms with E-state index in [1.807, 2.05) is 20.8 Å². The Labute approximate surface area is 78.4 Å². The molecule has 4 heteroatoms. The molecule has 1 aromatic heterocycles. The Kier molecular flexibility index (Phi) is 3.06. The summed E-state index contributed by atoms with van der Waals surface area (Å²) in [5.41, 5.74) is 8.92. The standard InChI is InChI=1S/C9H17N3O/c1-6(10)9-7(2)11-12(4-5-13)8(9)3/h6,13H,4-5,10H2,1-3H3. The lowest BCUT2D eigenvalue weighted by atomic mass is 10.1. The molecule has 0 spiro atoms. The van der Waals surface area contributed by atoms with Crippen molar-refractivity contribution in [3.63, 3.8) is 0 Å². The summed E-state index contributed by atoms with van der Waals surface area (Å²) in [5, 5.41) is 13.1. The van der Waals surface area contributed by atoms with Gasteiger partial charge in [0.1, 0.15) is 0 Å². The van der Waals surface area contributed by atoms with Crippen LogP contribution in [0.3, 0.4) is 0 Å². The number of hydrogen-bond donors (Lipinski definition) is 2. The van der Waals surface area contributed by atoms with E-state index in [2.05, 4.69) is 5.10 Å². The highest BCUT2D eigenvalue weighted by Crippen LogP contribution is 2.18. The molecule has 0 aromatic carbocycles. The number of aliphatic hydroxyl groups is 1. The van der Waals surface area contributed by atoms with E-state index in [1.165, 1.54) is 0 Å². The van der Waals surface area contributed by atoms with Gasteiger partial charge in [0.2, 0.25) is 0 Å². The van der Waals surface area contributed by atoms with Crippen molar-refractivity contribution in [2.24, 2.45) is 5.73 Å². The summed E-state index contributed by atoms with van der Waals surface area (Å²) in [6.45, 7) is 6.52. The first-order valence-electron chi connectivity index (χ1n) is 4.48. The van der Waals surface area contributed by atoms with Crippen molar-refractivity contribution in [3.8, 4) is 0 Å². The van der Waals surface area contributed by atoms with Crippen LogP contribution in [0, 0.1) is 13.8 Å². The normalized spacial score (nSPS) is 13.3. The molecule has 0 radical (unpaired) electrons. The van der Waals surface area contributed by atoms with Gasteiger partial charge in [-0.2, -0.15) is 5.10 Å². The summed E-state index contributed by atoms with van der Waals surface area (Å²) in [5.74, 6) is 0. The predicted molar refractivity (Wildman–Crippen MR) is 51.4 cm³/mol. The van der Waals surface area contributed by atoms with Gasteiger partial charge in [0.25, 0.3) is 0 Å². The second-order valence-corrected chi connectivity index (χ2v) is 3.32. The third-order valence-corrected chi connectivity index (χ3v) is 2.20. The van der Waals surface area contributed by atoms with Crippen LogP contribution in [0.1, 0.15) is 29.9 Å². The number of aromatic nitrogens is 2. The minimum atomic E-state index is 0.00689. The average molecular weight is 183 g/mol. The van der Waals surface area contributed by atoms with Crippen molar-refractivity contribution in [1.29, 1.82) is 0 Å². The van der Waals surface area contributed by atoms with Gasteiger partial charge in [0, 0.05) is 17.3 Å². The number of nitrogens with zero attached hydrogens (tertiary/aromatic N) is 2. The molecule has 13 heavy (non-hydrogen) atoms. The molecule has 0 bridgehead atoms. The molecule has 1 atom stereocenters. The number of aliphatic hydroxyl groups excluding tert-OH is 1. The minimum Gasteiger partial charge on any atom is -0.394 e. The molecule has 0 saturated heterocycles. The van der Waals surface area contributed by atoms with Crippen LogP contribution in [0.5, 0.6) is 0 Å². The third-order valence-electron chi connectivity index (χ3n) is 2.20. The van der Waals surface area contributed by atoms with Crippen LogP contribution >= 0.6 is 0 Å². The van der Waals surface area contributed by atoms with E-state index in [-0.39, 0.29) is 12.6 Å². The van der Waals surface area contributed by atoms with Crippen molar-refractivity contribution < 1.29 is 5.11 Å². The Balaban J connectivity index is 3.07. The van der Waals surface area contributed by atoms with Crippen LogP contribution < -0.4 is 5.73 Å². The highest BCUT2D eigenvalue weighted by molar-refractivity contribution is 5.27. The summed E-state index contributed by atoms with van der Waals surface area (Å²) in [6, 6.07) is 0.00689. The van der Waals surface area contributed by atoms with Crippen molar-refractivity contribution in [2.45, 2.75) is 33.4 Å². The van der Waals surface area contributed by atoms with Crippen molar-refractivity contribution in [1.82, 2.24) is 9.78 Å². The second kappa shape index (κ2) is 3.89. The van der Waals surface area contributed by atoms with Gasteiger partial charge < -0.3 is 10.8 Å². The summed E-state index contributed by atoms with van der Waals surface area (Å²) < 4.78 is 1.80. The van der Waals surface area contributed by atoms with Gasteiger partial charge in [0.05, 0.1) is 18.8 Å². The maximum Gasteiger partial charge on any atom is 0.0644 e. The van der Waals surface area contributed by atoms with E-state index in [9.17, 15) is 0 Å². The monoisotopic (exact) mass is 183 g/mol. The van der Waals surface area contributed by atoms with Crippen LogP contribution in [-0.2, 0) is 6.54 Å². The Hall–Kier alpha value is -0.870. The van der Waals surface area contributed by atoms with E-state index in [1.54, 1.807) is 4.68 Å². The van der Waals surface area contributed by atoms with Crippen LogP contribution in [0.25, 0.3) is 0 Å². The lowest BCUT2D eigenvalue weighted by Crippen LogP contribution is -2.09. The minimum absolute atomic E-state index is 0.00689. The average Bonchev–Trinajstić information content (AvgIpc) is 2.28. The largest absolute Gasteiger partial charge is 0.394 e.